The van der Waals surface area contributed by atoms with Gasteiger partial charge >= 0.3 is 0 Å². The maximum absolute atomic E-state index is 6.07. The molecule has 0 aliphatic rings. The van der Waals surface area contributed by atoms with Crippen LogP contribution in [0.1, 0.15) is 5.56 Å². The molecule has 17 heavy (non-hydrogen) atoms. The number of hydrogen-bond acceptors (Lipinski definition) is 4. The molecule has 0 atom stereocenters. The molecule has 4 nitrogen and oxygen atoms in total. The maximum Gasteiger partial charge on any atom is 0.221 e. The summed E-state index contributed by atoms with van der Waals surface area (Å²) >= 11 is 12.0. The molecule has 0 radical (unpaired) electrons. The quantitative estimate of drug-likeness (QED) is 0.876. The Kier molecular flexibility index (Phi) is 3.36. The molecule has 0 fully saturated rings. The number of aromatic nitrogens is 2. The number of anilines is 3. The molecule has 2 rings (SSSR count). The van der Waals surface area contributed by atoms with Gasteiger partial charge in [0, 0.05) is 11.8 Å². The van der Waals surface area contributed by atoms with E-state index in [1.165, 1.54) is 0 Å². The lowest BCUT2D eigenvalue weighted by Crippen LogP contribution is -2.02. The molecule has 88 valence electrons. The highest BCUT2D eigenvalue weighted by atomic mass is 35.5. The Morgan fingerprint density at radius 3 is 2.82 bits per heavy atom. The van der Waals surface area contributed by atoms with E-state index >= 15 is 0 Å². The van der Waals surface area contributed by atoms with E-state index in [0.29, 0.717) is 21.6 Å². The van der Waals surface area contributed by atoms with Gasteiger partial charge in [0.1, 0.15) is 5.82 Å². The van der Waals surface area contributed by atoms with Gasteiger partial charge in [-0.2, -0.15) is 4.98 Å². The van der Waals surface area contributed by atoms with Gasteiger partial charge in [-0.15, -0.1) is 0 Å². The molecule has 6 heteroatoms. The number of aryl methyl sites for hydroxylation is 1. The van der Waals surface area contributed by atoms with Crippen LogP contribution in [0.5, 0.6) is 0 Å². The third-order valence-corrected chi connectivity index (χ3v) is 3.01. The van der Waals surface area contributed by atoms with Crippen molar-refractivity contribution in [2.45, 2.75) is 6.92 Å². The van der Waals surface area contributed by atoms with Gasteiger partial charge in [-0.25, -0.2) is 4.98 Å². The topological polar surface area (TPSA) is 63.8 Å². The lowest BCUT2D eigenvalue weighted by atomic mass is 10.3. The normalized spacial score (nSPS) is 10.3. The average molecular weight is 269 g/mol. The average Bonchev–Trinajstić information content (AvgIpc) is 2.30. The molecule has 2 aromatic rings. The first-order valence-corrected chi connectivity index (χ1v) is 5.63. The molecular formula is C11H10Cl2N4. The molecule has 0 bridgehead atoms. The van der Waals surface area contributed by atoms with E-state index in [2.05, 4.69) is 15.3 Å². The zero-order valence-corrected chi connectivity index (χ0v) is 10.5. The molecule has 1 aromatic carbocycles. The van der Waals surface area contributed by atoms with Crippen molar-refractivity contribution in [1.82, 2.24) is 9.97 Å². The van der Waals surface area contributed by atoms with E-state index in [4.69, 9.17) is 28.9 Å². The minimum absolute atomic E-state index is 0.205. The van der Waals surface area contributed by atoms with Gasteiger partial charge in [-0.3, -0.25) is 0 Å². The summed E-state index contributed by atoms with van der Waals surface area (Å²) < 4.78 is 0. The van der Waals surface area contributed by atoms with E-state index < -0.39 is 0 Å². The zero-order chi connectivity index (χ0) is 12.4. The van der Waals surface area contributed by atoms with E-state index in [1.54, 1.807) is 18.3 Å². The summed E-state index contributed by atoms with van der Waals surface area (Å²) in [5, 5.41) is 4.01. The molecule has 1 aromatic heterocycles. The van der Waals surface area contributed by atoms with Crippen LogP contribution in [0.4, 0.5) is 17.5 Å². The van der Waals surface area contributed by atoms with Gasteiger partial charge in [0.25, 0.3) is 0 Å². The smallest absolute Gasteiger partial charge is 0.221 e. The molecule has 0 spiro atoms. The molecule has 0 aliphatic carbocycles. The summed E-state index contributed by atoms with van der Waals surface area (Å²) in [5.41, 5.74) is 7.08. The fourth-order valence-corrected chi connectivity index (χ4v) is 1.66. The van der Waals surface area contributed by atoms with Gasteiger partial charge in [0.2, 0.25) is 5.95 Å². The van der Waals surface area contributed by atoms with Crippen molar-refractivity contribution < 1.29 is 0 Å². The van der Waals surface area contributed by atoms with Crippen molar-refractivity contribution in [3.8, 4) is 0 Å². The lowest BCUT2D eigenvalue weighted by molar-refractivity contribution is 1.15. The van der Waals surface area contributed by atoms with Crippen molar-refractivity contribution in [3.63, 3.8) is 0 Å². The third-order valence-electron chi connectivity index (χ3n) is 2.20. The maximum atomic E-state index is 6.07. The molecule has 0 saturated heterocycles. The predicted octanol–water partition coefficient (Wildman–Crippen LogP) is 3.42. The minimum atomic E-state index is 0.205. The number of nitrogens with two attached hydrogens (primary N) is 1. The molecule has 0 unspecified atom stereocenters. The number of nitrogen functional groups attached to an aromatic ring is 1. The second-order valence-electron chi connectivity index (χ2n) is 3.49. The second-order valence-corrected chi connectivity index (χ2v) is 4.27. The van der Waals surface area contributed by atoms with Crippen LogP contribution in [-0.4, -0.2) is 9.97 Å². The molecule has 0 aliphatic heterocycles. The first-order valence-electron chi connectivity index (χ1n) is 4.88. The number of halogens is 2. The highest BCUT2D eigenvalue weighted by Gasteiger charge is 2.07. The highest BCUT2D eigenvalue weighted by Crippen LogP contribution is 2.31. The van der Waals surface area contributed by atoms with E-state index in [0.717, 1.165) is 5.56 Å². The largest absolute Gasteiger partial charge is 0.368 e. The third kappa shape index (κ3) is 2.60. The fraction of sp³-hybridized carbons (Fsp3) is 0.0909. The van der Waals surface area contributed by atoms with Gasteiger partial charge in [-0.05, 0) is 19.1 Å². The van der Waals surface area contributed by atoms with Gasteiger partial charge in [0.05, 0.1) is 15.7 Å². The molecule has 0 saturated carbocycles. The predicted molar refractivity (Wildman–Crippen MR) is 70.9 cm³/mol. The summed E-state index contributed by atoms with van der Waals surface area (Å²) in [7, 11) is 0. The van der Waals surface area contributed by atoms with Crippen LogP contribution < -0.4 is 11.1 Å². The molecule has 3 N–H and O–H groups in total. The minimum Gasteiger partial charge on any atom is -0.368 e. The highest BCUT2D eigenvalue weighted by molar-refractivity contribution is 6.43. The standard InChI is InChI=1S/C11H10Cl2N4/c1-6-5-15-11(14)17-10(6)16-8-4-2-3-7(12)9(8)13/h2-5H,1H3,(H3,14,15,16,17). The Labute approximate surface area is 109 Å². The lowest BCUT2D eigenvalue weighted by Gasteiger charge is -2.10. The number of nitrogens with zero attached hydrogens (tertiary/aromatic N) is 2. The molecule has 1 heterocycles. The number of hydrogen-bond donors (Lipinski definition) is 2. The summed E-state index contributed by atoms with van der Waals surface area (Å²) in [5.74, 6) is 0.818. The Morgan fingerprint density at radius 2 is 2.06 bits per heavy atom. The van der Waals surface area contributed by atoms with E-state index in [1.807, 2.05) is 13.0 Å². The number of benzene rings is 1. The van der Waals surface area contributed by atoms with Crippen LogP contribution in [0.2, 0.25) is 10.0 Å². The summed E-state index contributed by atoms with van der Waals surface area (Å²) in [6, 6.07) is 5.33. The zero-order valence-electron chi connectivity index (χ0n) is 9.04. The fourth-order valence-electron chi connectivity index (χ4n) is 1.31. The summed E-state index contributed by atoms with van der Waals surface area (Å²) in [6.07, 6.45) is 1.64. The van der Waals surface area contributed by atoms with Crippen molar-refractivity contribution >= 4 is 40.7 Å². The molecule has 0 amide bonds. The van der Waals surface area contributed by atoms with Gasteiger partial charge in [-0.1, -0.05) is 29.3 Å². The van der Waals surface area contributed by atoms with Gasteiger partial charge < -0.3 is 11.1 Å². The van der Waals surface area contributed by atoms with Crippen molar-refractivity contribution in [2.24, 2.45) is 0 Å². The summed E-state index contributed by atoms with van der Waals surface area (Å²) in [4.78, 5) is 7.98. The Hall–Kier alpha value is -1.52. The van der Waals surface area contributed by atoms with Crippen molar-refractivity contribution in [2.75, 3.05) is 11.1 Å². The van der Waals surface area contributed by atoms with Crippen LogP contribution in [0.3, 0.4) is 0 Å². The van der Waals surface area contributed by atoms with Crippen LogP contribution in [-0.2, 0) is 0 Å². The number of nitrogens with one attached hydrogen (secondary N) is 1. The van der Waals surface area contributed by atoms with E-state index in [9.17, 15) is 0 Å². The SMILES string of the molecule is Cc1cnc(N)nc1Nc1cccc(Cl)c1Cl. The van der Waals surface area contributed by atoms with Crippen molar-refractivity contribution in [3.05, 3.63) is 40.0 Å². The first-order chi connectivity index (χ1) is 8.08. The van der Waals surface area contributed by atoms with E-state index in [-0.39, 0.29) is 5.95 Å². The first kappa shape index (κ1) is 12.0. The van der Waals surface area contributed by atoms with Crippen LogP contribution >= 0.6 is 23.2 Å². The second kappa shape index (κ2) is 4.77. The Balaban J connectivity index is 2.38. The van der Waals surface area contributed by atoms with Gasteiger partial charge in [0.15, 0.2) is 0 Å². The Bertz CT molecular complexity index is 557. The molecular weight excluding hydrogens is 259 g/mol. The Morgan fingerprint density at radius 1 is 1.29 bits per heavy atom. The monoisotopic (exact) mass is 268 g/mol. The summed E-state index contributed by atoms with van der Waals surface area (Å²) in [6.45, 7) is 1.88. The van der Waals surface area contributed by atoms with Crippen molar-refractivity contribution in [1.29, 1.82) is 0 Å². The van der Waals surface area contributed by atoms with Crippen LogP contribution in [0.25, 0.3) is 0 Å². The van der Waals surface area contributed by atoms with Crippen LogP contribution in [0.15, 0.2) is 24.4 Å². The number of rotatable bonds is 2. The van der Waals surface area contributed by atoms with Crippen LogP contribution in [0, 0.1) is 6.92 Å².